The second kappa shape index (κ2) is 7.82. The SMILES string of the molecule is CCNC(N)=NCC(COC)OC. The number of methoxy groups -OCH3 is 2. The smallest absolute Gasteiger partial charge is 0.188 e. The highest BCUT2D eigenvalue weighted by molar-refractivity contribution is 5.77. The maximum Gasteiger partial charge on any atom is 0.188 e. The van der Waals surface area contributed by atoms with E-state index in [-0.39, 0.29) is 6.10 Å². The van der Waals surface area contributed by atoms with Gasteiger partial charge in [-0.15, -0.1) is 0 Å². The van der Waals surface area contributed by atoms with Crippen molar-refractivity contribution in [3.63, 3.8) is 0 Å². The number of nitrogens with one attached hydrogen (secondary N) is 1. The van der Waals surface area contributed by atoms with Crippen molar-refractivity contribution in [1.82, 2.24) is 5.32 Å². The Balaban J connectivity index is 3.74. The summed E-state index contributed by atoms with van der Waals surface area (Å²) in [6.45, 7) is 3.78. The van der Waals surface area contributed by atoms with Gasteiger partial charge in [0.25, 0.3) is 0 Å². The quantitative estimate of drug-likeness (QED) is 0.439. The van der Waals surface area contributed by atoms with E-state index in [2.05, 4.69) is 10.3 Å². The standard InChI is InChI=1S/C8H19N3O2/c1-4-10-8(9)11-5-7(13-3)6-12-2/h7H,4-6H2,1-3H3,(H3,9,10,11). The van der Waals surface area contributed by atoms with Crippen LogP contribution in [-0.2, 0) is 9.47 Å². The van der Waals surface area contributed by atoms with Crippen molar-refractivity contribution in [3.05, 3.63) is 0 Å². The summed E-state index contributed by atoms with van der Waals surface area (Å²) in [5.41, 5.74) is 5.53. The molecule has 1 unspecified atom stereocenters. The summed E-state index contributed by atoms with van der Waals surface area (Å²) < 4.78 is 10.0. The minimum Gasteiger partial charge on any atom is -0.382 e. The van der Waals surface area contributed by atoms with E-state index < -0.39 is 0 Å². The topological polar surface area (TPSA) is 68.9 Å². The molecule has 0 aliphatic rings. The van der Waals surface area contributed by atoms with Crippen LogP contribution in [-0.4, -0.2) is 46.0 Å². The Morgan fingerprint density at radius 3 is 2.69 bits per heavy atom. The van der Waals surface area contributed by atoms with Crippen molar-refractivity contribution < 1.29 is 9.47 Å². The van der Waals surface area contributed by atoms with E-state index in [4.69, 9.17) is 15.2 Å². The maximum atomic E-state index is 5.53. The highest BCUT2D eigenvalue weighted by Crippen LogP contribution is 1.91. The van der Waals surface area contributed by atoms with Gasteiger partial charge in [0.2, 0.25) is 0 Å². The fourth-order valence-electron chi connectivity index (χ4n) is 0.818. The molecule has 0 saturated heterocycles. The van der Waals surface area contributed by atoms with E-state index in [1.165, 1.54) is 0 Å². The van der Waals surface area contributed by atoms with E-state index in [0.29, 0.717) is 19.1 Å². The normalized spacial score (nSPS) is 14.2. The van der Waals surface area contributed by atoms with Crippen molar-refractivity contribution in [2.75, 3.05) is 33.9 Å². The summed E-state index contributed by atoms with van der Waals surface area (Å²) >= 11 is 0. The monoisotopic (exact) mass is 189 g/mol. The maximum absolute atomic E-state index is 5.53. The Labute approximate surface area is 79.3 Å². The van der Waals surface area contributed by atoms with Gasteiger partial charge >= 0.3 is 0 Å². The molecule has 1 atom stereocenters. The second-order valence-electron chi connectivity index (χ2n) is 2.57. The van der Waals surface area contributed by atoms with Crippen molar-refractivity contribution in [2.45, 2.75) is 13.0 Å². The van der Waals surface area contributed by atoms with Crippen molar-refractivity contribution in [2.24, 2.45) is 10.7 Å². The summed E-state index contributed by atoms with van der Waals surface area (Å²) in [6, 6.07) is 0. The Bertz CT molecular complexity index is 150. The predicted octanol–water partition coefficient (Wildman–Crippen LogP) is -0.428. The van der Waals surface area contributed by atoms with Crippen LogP contribution in [0.15, 0.2) is 4.99 Å². The lowest BCUT2D eigenvalue weighted by Crippen LogP contribution is -2.33. The van der Waals surface area contributed by atoms with Crippen LogP contribution >= 0.6 is 0 Å². The Morgan fingerprint density at radius 1 is 1.54 bits per heavy atom. The van der Waals surface area contributed by atoms with Crippen molar-refractivity contribution >= 4 is 5.96 Å². The van der Waals surface area contributed by atoms with Crippen LogP contribution in [0.2, 0.25) is 0 Å². The first kappa shape index (κ1) is 12.2. The molecule has 0 radical (unpaired) electrons. The number of rotatable bonds is 6. The van der Waals surface area contributed by atoms with Gasteiger partial charge in [-0.05, 0) is 6.92 Å². The minimum atomic E-state index is -0.0257. The molecule has 5 nitrogen and oxygen atoms in total. The zero-order chi connectivity index (χ0) is 10.1. The number of aliphatic imine (C=N–C) groups is 1. The number of guanidine groups is 1. The summed E-state index contributed by atoms with van der Waals surface area (Å²) in [5, 5.41) is 2.90. The summed E-state index contributed by atoms with van der Waals surface area (Å²) in [5.74, 6) is 0.445. The van der Waals surface area contributed by atoms with E-state index in [1.807, 2.05) is 6.92 Å². The molecule has 0 amide bonds. The Kier molecular flexibility index (Phi) is 7.33. The fourth-order valence-corrected chi connectivity index (χ4v) is 0.818. The summed E-state index contributed by atoms with van der Waals surface area (Å²) in [7, 11) is 3.26. The first-order chi connectivity index (χ1) is 6.24. The zero-order valence-electron chi connectivity index (χ0n) is 8.54. The van der Waals surface area contributed by atoms with E-state index >= 15 is 0 Å². The van der Waals surface area contributed by atoms with Crippen LogP contribution in [0.1, 0.15) is 6.92 Å². The van der Waals surface area contributed by atoms with Crippen LogP contribution in [0, 0.1) is 0 Å². The largest absolute Gasteiger partial charge is 0.382 e. The van der Waals surface area contributed by atoms with Gasteiger partial charge in [-0.1, -0.05) is 0 Å². The zero-order valence-corrected chi connectivity index (χ0v) is 8.54. The highest BCUT2D eigenvalue weighted by atomic mass is 16.5. The van der Waals surface area contributed by atoms with Gasteiger partial charge in [-0.2, -0.15) is 0 Å². The molecule has 0 aromatic heterocycles. The highest BCUT2D eigenvalue weighted by Gasteiger charge is 2.04. The molecule has 78 valence electrons. The molecule has 3 N–H and O–H groups in total. The average molecular weight is 189 g/mol. The Morgan fingerprint density at radius 2 is 2.23 bits per heavy atom. The molecular formula is C8H19N3O2. The molecule has 0 aromatic carbocycles. The molecule has 0 spiro atoms. The molecule has 0 aliphatic heterocycles. The van der Waals surface area contributed by atoms with Crippen LogP contribution in [0.5, 0.6) is 0 Å². The number of nitrogens with zero attached hydrogens (tertiary/aromatic N) is 1. The van der Waals surface area contributed by atoms with Gasteiger partial charge in [-0.25, -0.2) is 0 Å². The van der Waals surface area contributed by atoms with E-state index in [0.717, 1.165) is 6.54 Å². The van der Waals surface area contributed by atoms with Crippen LogP contribution in [0.4, 0.5) is 0 Å². The lowest BCUT2D eigenvalue weighted by Gasteiger charge is -2.11. The molecule has 0 fully saturated rings. The number of nitrogens with two attached hydrogens (primary N) is 1. The molecular weight excluding hydrogens is 170 g/mol. The molecule has 0 aliphatic carbocycles. The van der Waals surface area contributed by atoms with Gasteiger partial charge < -0.3 is 20.5 Å². The van der Waals surface area contributed by atoms with Crippen LogP contribution < -0.4 is 11.1 Å². The van der Waals surface area contributed by atoms with Crippen LogP contribution in [0.25, 0.3) is 0 Å². The number of hydrogen-bond donors (Lipinski definition) is 2. The lowest BCUT2D eigenvalue weighted by atomic mass is 10.4. The molecule has 0 bridgehead atoms. The molecule has 0 rings (SSSR count). The van der Waals surface area contributed by atoms with Gasteiger partial charge in [0.1, 0.15) is 6.10 Å². The minimum absolute atomic E-state index is 0.0257. The van der Waals surface area contributed by atoms with Gasteiger partial charge in [0.15, 0.2) is 5.96 Å². The first-order valence-corrected chi connectivity index (χ1v) is 4.30. The molecule has 5 heteroatoms. The predicted molar refractivity (Wildman–Crippen MR) is 52.8 cm³/mol. The number of hydrogen-bond acceptors (Lipinski definition) is 3. The lowest BCUT2D eigenvalue weighted by molar-refractivity contribution is 0.0343. The summed E-state index contributed by atoms with van der Waals surface area (Å²) in [6.07, 6.45) is -0.0257. The number of ether oxygens (including phenoxy) is 2. The van der Waals surface area contributed by atoms with Gasteiger partial charge in [0, 0.05) is 20.8 Å². The third-order valence-corrected chi connectivity index (χ3v) is 1.51. The van der Waals surface area contributed by atoms with E-state index in [9.17, 15) is 0 Å². The first-order valence-electron chi connectivity index (χ1n) is 4.30. The third kappa shape index (κ3) is 6.36. The Hall–Kier alpha value is -0.810. The molecule has 13 heavy (non-hydrogen) atoms. The second-order valence-corrected chi connectivity index (χ2v) is 2.57. The molecule has 0 heterocycles. The van der Waals surface area contributed by atoms with Gasteiger partial charge in [-0.3, -0.25) is 4.99 Å². The third-order valence-electron chi connectivity index (χ3n) is 1.51. The fraction of sp³-hybridized carbons (Fsp3) is 0.875. The molecule has 0 aromatic rings. The van der Waals surface area contributed by atoms with Crippen LogP contribution in [0.3, 0.4) is 0 Å². The molecule has 0 saturated carbocycles. The van der Waals surface area contributed by atoms with E-state index in [1.54, 1.807) is 14.2 Å². The van der Waals surface area contributed by atoms with Crippen molar-refractivity contribution in [3.8, 4) is 0 Å². The van der Waals surface area contributed by atoms with Gasteiger partial charge in [0.05, 0.1) is 13.2 Å². The van der Waals surface area contributed by atoms with Crippen molar-refractivity contribution in [1.29, 1.82) is 0 Å². The summed E-state index contributed by atoms with van der Waals surface area (Å²) in [4.78, 5) is 4.08. The average Bonchev–Trinajstić information content (AvgIpc) is 2.12.